The Bertz CT molecular complexity index is 536. The van der Waals surface area contributed by atoms with Crippen LogP contribution in [0.25, 0.3) is 0 Å². The highest BCUT2D eigenvalue weighted by Crippen LogP contribution is 2.12. The van der Waals surface area contributed by atoms with Gasteiger partial charge in [0, 0.05) is 38.2 Å². The summed E-state index contributed by atoms with van der Waals surface area (Å²) in [5.74, 6) is -0.0373. The molecule has 110 valence electrons. The highest BCUT2D eigenvalue weighted by molar-refractivity contribution is 7.80. The molecule has 7 heteroatoms. The minimum Gasteiger partial charge on any atom is -0.393 e. The summed E-state index contributed by atoms with van der Waals surface area (Å²) in [5.41, 5.74) is 6.35. The van der Waals surface area contributed by atoms with E-state index in [9.17, 15) is 4.79 Å². The van der Waals surface area contributed by atoms with E-state index < -0.39 is 0 Å². The molecule has 0 aromatic carbocycles. The van der Waals surface area contributed by atoms with Crippen molar-refractivity contribution >= 4 is 22.9 Å². The Morgan fingerprint density at radius 2 is 2.10 bits per heavy atom. The fourth-order valence-corrected chi connectivity index (χ4v) is 2.22. The van der Waals surface area contributed by atoms with Crippen LogP contribution in [0.3, 0.4) is 0 Å². The van der Waals surface area contributed by atoms with Crippen LogP contribution >= 0.6 is 12.2 Å². The van der Waals surface area contributed by atoms with E-state index in [1.54, 1.807) is 12.3 Å². The summed E-state index contributed by atoms with van der Waals surface area (Å²) in [6.07, 6.45) is 1.75. The number of rotatable bonds is 4. The van der Waals surface area contributed by atoms with E-state index in [1.807, 2.05) is 6.92 Å². The number of nitrogens with zero attached hydrogens (tertiary/aromatic N) is 4. The van der Waals surface area contributed by atoms with E-state index in [0.29, 0.717) is 11.5 Å². The lowest BCUT2D eigenvalue weighted by Gasteiger charge is -2.33. The molecule has 20 heavy (non-hydrogen) atoms. The van der Waals surface area contributed by atoms with Crippen LogP contribution < -0.4 is 16.2 Å². The summed E-state index contributed by atoms with van der Waals surface area (Å²) in [6.45, 7) is 6.17. The molecule has 1 atom stereocenters. The maximum absolute atomic E-state index is 12.1. The predicted octanol–water partition coefficient (Wildman–Crippen LogP) is -0.0827. The van der Waals surface area contributed by atoms with E-state index in [1.165, 1.54) is 4.68 Å². The van der Waals surface area contributed by atoms with E-state index in [2.05, 4.69) is 21.9 Å². The van der Waals surface area contributed by atoms with Gasteiger partial charge >= 0.3 is 0 Å². The van der Waals surface area contributed by atoms with Gasteiger partial charge in [-0.05, 0) is 7.05 Å². The number of aromatic nitrogens is 2. The fourth-order valence-electron chi connectivity index (χ4n) is 2.15. The van der Waals surface area contributed by atoms with Gasteiger partial charge in [0.05, 0.1) is 23.4 Å². The van der Waals surface area contributed by atoms with Crippen LogP contribution in [0.15, 0.2) is 17.1 Å². The molecule has 2 N–H and O–H groups in total. The second kappa shape index (κ2) is 6.32. The van der Waals surface area contributed by atoms with Crippen molar-refractivity contribution in [2.45, 2.75) is 13.5 Å². The molecule has 1 saturated heterocycles. The molecule has 1 aliphatic rings. The Hall–Kier alpha value is -1.47. The number of hydrogen-bond donors (Lipinski definition) is 1. The lowest BCUT2D eigenvalue weighted by Crippen LogP contribution is -2.45. The van der Waals surface area contributed by atoms with Gasteiger partial charge < -0.3 is 15.5 Å². The number of thiocarbonyl (C=S) groups is 1. The molecule has 0 saturated carbocycles. The number of piperazine rings is 1. The normalized spacial score (nSPS) is 18.0. The van der Waals surface area contributed by atoms with Crippen molar-refractivity contribution < 1.29 is 0 Å². The van der Waals surface area contributed by atoms with Crippen LogP contribution in [0.1, 0.15) is 6.92 Å². The molecule has 1 fully saturated rings. The largest absolute Gasteiger partial charge is 0.393 e. The van der Waals surface area contributed by atoms with Crippen molar-refractivity contribution in [3.63, 3.8) is 0 Å². The third-order valence-corrected chi connectivity index (χ3v) is 4.06. The van der Waals surface area contributed by atoms with Crippen LogP contribution in [0.5, 0.6) is 0 Å². The molecular weight excluding hydrogens is 274 g/mol. The van der Waals surface area contributed by atoms with Crippen molar-refractivity contribution in [2.24, 2.45) is 11.7 Å². The molecule has 0 amide bonds. The van der Waals surface area contributed by atoms with E-state index in [4.69, 9.17) is 18.0 Å². The topological polar surface area (TPSA) is 67.4 Å². The van der Waals surface area contributed by atoms with E-state index in [0.717, 1.165) is 31.9 Å². The Morgan fingerprint density at radius 1 is 1.45 bits per heavy atom. The molecule has 1 aromatic heterocycles. The molecule has 2 heterocycles. The van der Waals surface area contributed by atoms with Gasteiger partial charge in [-0.25, -0.2) is 4.68 Å². The molecule has 0 radical (unpaired) electrons. The molecule has 1 aliphatic heterocycles. The first kappa shape index (κ1) is 14.9. The summed E-state index contributed by atoms with van der Waals surface area (Å²) in [6, 6.07) is 1.64. The summed E-state index contributed by atoms with van der Waals surface area (Å²) in [5, 5.41) is 4.23. The molecule has 2 rings (SSSR count). The van der Waals surface area contributed by atoms with Gasteiger partial charge in [0.2, 0.25) is 0 Å². The van der Waals surface area contributed by atoms with E-state index in [-0.39, 0.29) is 11.5 Å². The zero-order valence-corrected chi connectivity index (χ0v) is 12.8. The minimum absolute atomic E-state index is 0.0373. The zero-order chi connectivity index (χ0) is 14.7. The number of hydrogen-bond acceptors (Lipinski definition) is 5. The molecule has 6 nitrogen and oxygen atoms in total. The average Bonchev–Trinajstić information content (AvgIpc) is 2.41. The quantitative estimate of drug-likeness (QED) is 0.784. The summed E-state index contributed by atoms with van der Waals surface area (Å²) in [7, 11) is 2.10. The molecule has 0 aliphatic carbocycles. The van der Waals surface area contributed by atoms with Gasteiger partial charge in [-0.2, -0.15) is 5.10 Å². The molecule has 1 aromatic rings. The summed E-state index contributed by atoms with van der Waals surface area (Å²) in [4.78, 5) is 17.0. The maximum atomic E-state index is 12.1. The van der Waals surface area contributed by atoms with E-state index >= 15 is 0 Å². The lowest BCUT2D eigenvalue weighted by atomic mass is 10.2. The van der Waals surface area contributed by atoms with Crippen LogP contribution in [0.4, 0.5) is 5.69 Å². The third-order valence-electron chi connectivity index (χ3n) is 3.66. The minimum atomic E-state index is -0.107. The predicted molar refractivity (Wildman–Crippen MR) is 84.2 cm³/mol. The van der Waals surface area contributed by atoms with Gasteiger partial charge in [-0.3, -0.25) is 4.79 Å². The van der Waals surface area contributed by atoms with Crippen LogP contribution in [0.2, 0.25) is 0 Å². The van der Waals surface area contributed by atoms with Crippen molar-refractivity contribution in [2.75, 3.05) is 38.1 Å². The van der Waals surface area contributed by atoms with Crippen molar-refractivity contribution in [1.82, 2.24) is 14.7 Å². The van der Waals surface area contributed by atoms with Crippen molar-refractivity contribution in [1.29, 1.82) is 0 Å². The molecule has 0 spiro atoms. The number of anilines is 1. The second-order valence-electron chi connectivity index (χ2n) is 5.33. The fraction of sp³-hybridized carbons (Fsp3) is 0.615. The van der Waals surface area contributed by atoms with Crippen molar-refractivity contribution in [3.8, 4) is 0 Å². The second-order valence-corrected chi connectivity index (χ2v) is 5.80. The van der Waals surface area contributed by atoms with Crippen molar-refractivity contribution in [3.05, 3.63) is 22.6 Å². The SMILES string of the molecule is CC(Cn1ncc(N2CCN(C)CC2)cc1=O)C(N)=S. The Balaban J connectivity index is 2.10. The van der Waals surface area contributed by atoms with Crippen LogP contribution in [0, 0.1) is 5.92 Å². The van der Waals surface area contributed by atoms with Gasteiger partial charge in [0.15, 0.2) is 0 Å². The van der Waals surface area contributed by atoms with Gasteiger partial charge in [-0.1, -0.05) is 19.1 Å². The highest BCUT2D eigenvalue weighted by atomic mass is 32.1. The van der Waals surface area contributed by atoms with Crippen LogP contribution in [-0.2, 0) is 6.54 Å². The number of nitrogens with two attached hydrogens (primary N) is 1. The molecular formula is C13H21N5OS. The molecule has 1 unspecified atom stereocenters. The highest BCUT2D eigenvalue weighted by Gasteiger charge is 2.16. The lowest BCUT2D eigenvalue weighted by molar-refractivity contribution is 0.312. The Morgan fingerprint density at radius 3 is 2.65 bits per heavy atom. The third kappa shape index (κ3) is 3.55. The molecule has 0 bridgehead atoms. The summed E-state index contributed by atoms with van der Waals surface area (Å²) >= 11 is 4.92. The smallest absolute Gasteiger partial charge is 0.268 e. The monoisotopic (exact) mass is 295 g/mol. The average molecular weight is 295 g/mol. The summed E-state index contributed by atoms with van der Waals surface area (Å²) < 4.78 is 1.42. The number of likely N-dealkylation sites (N-methyl/N-ethyl adjacent to an activating group) is 1. The zero-order valence-electron chi connectivity index (χ0n) is 12.0. The Labute approximate surface area is 124 Å². The first-order chi connectivity index (χ1) is 9.47. The van der Waals surface area contributed by atoms with Crippen LogP contribution in [-0.4, -0.2) is 52.9 Å². The maximum Gasteiger partial charge on any atom is 0.268 e. The van der Waals surface area contributed by atoms with Gasteiger partial charge in [-0.15, -0.1) is 0 Å². The van der Waals surface area contributed by atoms with Gasteiger partial charge in [0.25, 0.3) is 5.56 Å². The first-order valence-electron chi connectivity index (χ1n) is 6.77. The van der Waals surface area contributed by atoms with Gasteiger partial charge in [0.1, 0.15) is 0 Å². The first-order valence-corrected chi connectivity index (χ1v) is 7.18. The standard InChI is InChI=1S/C13H21N5OS/c1-10(13(14)20)9-18-12(19)7-11(8-15-18)17-5-3-16(2)4-6-17/h7-8,10H,3-6,9H2,1-2H3,(H2,14,20). The Kier molecular flexibility index (Phi) is 4.72.